The van der Waals surface area contributed by atoms with Gasteiger partial charge in [0.1, 0.15) is 17.1 Å². The van der Waals surface area contributed by atoms with Gasteiger partial charge in [0.25, 0.3) is 5.56 Å². The van der Waals surface area contributed by atoms with E-state index in [1.54, 1.807) is 30.3 Å². The molecule has 0 fully saturated rings. The number of amides is 1. The molecule has 1 N–H and O–H groups in total. The topological polar surface area (TPSA) is 73.2 Å². The molecule has 2 heterocycles. The van der Waals surface area contributed by atoms with Crippen LogP contribution in [0.15, 0.2) is 46.8 Å². The Balaban J connectivity index is 1.70. The van der Waals surface area contributed by atoms with E-state index in [-0.39, 0.29) is 18.0 Å². The maximum atomic E-state index is 12.2. The number of nitrogens with one attached hydrogen (secondary N) is 1. The van der Waals surface area contributed by atoms with E-state index in [4.69, 9.17) is 4.74 Å². The molecule has 0 aliphatic rings. The lowest BCUT2D eigenvalue weighted by atomic mass is 10.3. The van der Waals surface area contributed by atoms with Gasteiger partial charge in [-0.3, -0.25) is 14.2 Å². The van der Waals surface area contributed by atoms with Crippen molar-refractivity contribution in [3.63, 3.8) is 0 Å². The van der Waals surface area contributed by atoms with Crippen LogP contribution < -0.4 is 15.6 Å². The molecule has 6 nitrogen and oxygen atoms in total. The highest BCUT2D eigenvalue weighted by Crippen LogP contribution is 2.16. The van der Waals surface area contributed by atoms with Gasteiger partial charge in [-0.2, -0.15) is 0 Å². The molecule has 3 aromatic rings. The first-order chi connectivity index (χ1) is 11.2. The monoisotopic (exact) mass is 329 g/mol. The quantitative estimate of drug-likeness (QED) is 0.780. The zero-order valence-electron chi connectivity index (χ0n) is 12.5. The summed E-state index contributed by atoms with van der Waals surface area (Å²) in [5, 5.41) is 5.09. The number of nitrogens with zero attached hydrogens (tertiary/aromatic N) is 2. The van der Waals surface area contributed by atoms with Crippen molar-refractivity contribution in [2.75, 3.05) is 11.9 Å². The van der Waals surface area contributed by atoms with E-state index >= 15 is 0 Å². The van der Waals surface area contributed by atoms with Crippen molar-refractivity contribution < 1.29 is 9.53 Å². The number of ether oxygens (including phenoxy) is 1. The number of benzene rings is 1. The number of carbonyl (C=O) groups excluding carboxylic acids is 1. The van der Waals surface area contributed by atoms with Crippen LogP contribution in [0.1, 0.15) is 6.92 Å². The predicted molar refractivity (Wildman–Crippen MR) is 90.1 cm³/mol. The van der Waals surface area contributed by atoms with Crippen LogP contribution in [-0.4, -0.2) is 22.1 Å². The van der Waals surface area contributed by atoms with E-state index in [1.807, 2.05) is 12.3 Å². The summed E-state index contributed by atoms with van der Waals surface area (Å²) in [7, 11) is 0. The lowest BCUT2D eigenvalue weighted by molar-refractivity contribution is -0.116. The fourth-order valence-electron chi connectivity index (χ4n) is 2.16. The normalized spacial score (nSPS) is 10.7. The lowest BCUT2D eigenvalue weighted by Crippen LogP contribution is -2.27. The van der Waals surface area contributed by atoms with Crippen molar-refractivity contribution >= 4 is 33.1 Å². The van der Waals surface area contributed by atoms with Crippen LogP contribution in [0.2, 0.25) is 0 Å². The number of thiophene rings is 1. The Bertz CT molecular complexity index is 883. The Hall–Kier alpha value is -2.67. The first-order valence-electron chi connectivity index (χ1n) is 7.12. The number of hydrogen-bond acceptors (Lipinski definition) is 5. The van der Waals surface area contributed by atoms with E-state index < -0.39 is 0 Å². The smallest absolute Gasteiger partial charge is 0.262 e. The van der Waals surface area contributed by atoms with Crippen LogP contribution in [0.4, 0.5) is 5.69 Å². The highest BCUT2D eigenvalue weighted by molar-refractivity contribution is 7.16. The molecule has 0 aliphatic carbocycles. The summed E-state index contributed by atoms with van der Waals surface area (Å²) < 4.78 is 6.65. The van der Waals surface area contributed by atoms with Crippen LogP contribution in [-0.2, 0) is 11.3 Å². The standard InChI is InChI=1S/C16H15N3O3S/c1-2-22-12-5-3-11(4-6-12)18-14(20)9-19-10-17-15-13(16(19)21)7-8-23-15/h3-8,10H,2,9H2,1H3,(H,18,20). The Morgan fingerprint density at radius 3 is 2.83 bits per heavy atom. The molecule has 0 bridgehead atoms. The molecule has 1 aromatic carbocycles. The van der Waals surface area contributed by atoms with Gasteiger partial charge in [0, 0.05) is 5.69 Å². The molecule has 0 aliphatic heterocycles. The van der Waals surface area contributed by atoms with Crippen molar-refractivity contribution in [2.24, 2.45) is 0 Å². The third-order valence-electron chi connectivity index (χ3n) is 3.21. The van der Waals surface area contributed by atoms with Gasteiger partial charge in [0.2, 0.25) is 5.91 Å². The minimum absolute atomic E-state index is 0.0785. The first-order valence-corrected chi connectivity index (χ1v) is 8.00. The maximum Gasteiger partial charge on any atom is 0.262 e. The Labute approximate surface area is 136 Å². The third-order valence-corrected chi connectivity index (χ3v) is 4.03. The largest absolute Gasteiger partial charge is 0.494 e. The SMILES string of the molecule is CCOc1ccc(NC(=O)Cn2cnc3sccc3c2=O)cc1. The fraction of sp³-hybridized carbons (Fsp3) is 0.188. The van der Waals surface area contributed by atoms with Gasteiger partial charge in [-0.1, -0.05) is 0 Å². The molecule has 0 saturated heterocycles. The molecule has 7 heteroatoms. The predicted octanol–water partition coefficient (Wildman–Crippen LogP) is 2.50. The second kappa shape index (κ2) is 6.62. The van der Waals surface area contributed by atoms with E-state index in [9.17, 15) is 9.59 Å². The number of hydrogen-bond donors (Lipinski definition) is 1. The summed E-state index contributed by atoms with van der Waals surface area (Å²) >= 11 is 1.40. The number of aromatic nitrogens is 2. The molecule has 23 heavy (non-hydrogen) atoms. The molecular weight excluding hydrogens is 314 g/mol. The average molecular weight is 329 g/mol. The minimum atomic E-state index is -0.285. The van der Waals surface area contributed by atoms with Gasteiger partial charge < -0.3 is 10.1 Å². The van der Waals surface area contributed by atoms with E-state index in [1.165, 1.54) is 22.2 Å². The van der Waals surface area contributed by atoms with Gasteiger partial charge in [-0.05, 0) is 42.6 Å². The van der Waals surface area contributed by atoms with Crippen molar-refractivity contribution in [3.8, 4) is 5.75 Å². The van der Waals surface area contributed by atoms with Crippen LogP contribution in [0.25, 0.3) is 10.2 Å². The van der Waals surface area contributed by atoms with Crippen LogP contribution in [0.5, 0.6) is 5.75 Å². The Kier molecular flexibility index (Phi) is 4.38. The van der Waals surface area contributed by atoms with E-state index in [2.05, 4.69) is 10.3 Å². The molecule has 0 unspecified atom stereocenters. The van der Waals surface area contributed by atoms with Crippen molar-refractivity contribution in [2.45, 2.75) is 13.5 Å². The molecular formula is C16H15N3O3S. The zero-order valence-corrected chi connectivity index (χ0v) is 13.3. The van der Waals surface area contributed by atoms with Crippen LogP contribution in [0, 0.1) is 0 Å². The molecule has 2 aromatic heterocycles. The van der Waals surface area contributed by atoms with Crippen LogP contribution in [0.3, 0.4) is 0 Å². The third kappa shape index (κ3) is 3.40. The van der Waals surface area contributed by atoms with Crippen molar-refractivity contribution in [3.05, 3.63) is 52.4 Å². The Morgan fingerprint density at radius 1 is 1.30 bits per heavy atom. The average Bonchev–Trinajstić information content (AvgIpc) is 3.02. The summed E-state index contributed by atoms with van der Waals surface area (Å²) in [6.07, 6.45) is 1.40. The second-order valence-electron chi connectivity index (χ2n) is 4.82. The molecule has 118 valence electrons. The second-order valence-corrected chi connectivity index (χ2v) is 5.72. The summed E-state index contributed by atoms with van der Waals surface area (Å²) in [5.74, 6) is 0.460. The Morgan fingerprint density at radius 2 is 2.09 bits per heavy atom. The lowest BCUT2D eigenvalue weighted by Gasteiger charge is -2.08. The summed E-state index contributed by atoms with van der Waals surface area (Å²) in [6.45, 7) is 2.42. The maximum absolute atomic E-state index is 12.2. The van der Waals surface area contributed by atoms with E-state index in [0.29, 0.717) is 22.5 Å². The van der Waals surface area contributed by atoms with Gasteiger partial charge in [0.05, 0.1) is 18.3 Å². The van der Waals surface area contributed by atoms with Crippen LogP contribution >= 0.6 is 11.3 Å². The van der Waals surface area contributed by atoms with E-state index in [0.717, 1.165) is 5.75 Å². The molecule has 3 rings (SSSR count). The molecule has 0 spiro atoms. The summed E-state index contributed by atoms with van der Waals surface area (Å²) in [5.41, 5.74) is 0.439. The highest BCUT2D eigenvalue weighted by Gasteiger charge is 2.09. The number of anilines is 1. The van der Waals surface area contributed by atoms with Gasteiger partial charge in [0.15, 0.2) is 0 Å². The van der Waals surface area contributed by atoms with Crippen molar-refractivity contribution in [1.82, 2.24) is 9.55 Å². The highest BCUT2D eigenvalue weighted by atomic mass is 32.1. The molecule has 0 atom stereocenters. The fourth-order valence-corrected chi connectivity index (χ4v) is 2.89. The minimum Gasteiger partial charge on any atom is -0.494 e. The molecule has 1 amide bonds. The van der Waals surface area contributed by atoms with Crippen molar-refractivity contribution in [1.29, 1.82) is 0 Å². The first kappa shape index (κ1) is 15.2. The number of rotatable bonds is 5. The summed E-state index contributed by atoms with van der Waals surface area (Å²) in [6, 6.07) is 8.79. The van der Waals surface area contributed by atoms with Gasteiger partial charge >= 0.3 is 0 Å². The molecule has 0 radical (unpaired) electrons. The summed E-state index contributed by atoms with van der Waals surface area (Å²) in [4.78, 5) is 29.2. The van der Waals surface area contributed by atoms with Gasteiger partial charge in [-0.15, -0.1) is 11.3 Å². The molecule has 0 saturated carbocycles. The van der Waals surface area contributed by atoms with Gasteiger partial charge in [-0.25, -0.2) is 4.98 Å². The number of fused-ring (bicyclic) bond motifs is 1. The zero-order chi connectivity index (χ0) is 16.2. The number of carbonyl (C=O) groups is 1.